The summed E-state index contributed by atoms with van der Waals surface area (Å²) in [5, 5.41) is 17.9. The van der Waals surface area contributed by atoms with Gasteiger partial charge in [0.05, 0.1) is 6.61 Å². The molecule has 0 spiro atoms. The SMILES string of the molecule is CCC(N)(CO)CCCSc1nncn1C. The molecule has 0 saturated carbocycles. The van der Waals surface area contributed by atoms with Gasteiger partial charge in [0, 0.05) is 18.3 Å². The second-order valence-corrected chi connectivity index (χ2v) is 5.11. The van der Waals surface area contributed by atoms with Gasteiger partial charge in [0.15, 0.2) is 5.16 Å². The number of hydrogen-bond acceptors (Lipinski definition) is 5. The number of thioether (sulfide) groups is 1. The van der Waals surface area contributed by atoms with Gasteiger partial charge in [-0.25, -0.2) is 0 Å². The number of aromatic nitrogens is 3. The molecule has 0 saturated heterocycles. The van der Waals surface area contributed by atoms with Crippen LogP contribution in [0.1, 0.15) is 26.2 Å². The van der Waals surface area contributed by atoms with Gasteiger partial charge in [-0.3, -0.25) is 0 Å². The van der Waals surface area contributed by atoms with Crippen molar-refractivity contribution in [3.05, 3.63) is 6.33 Å². The summed E-state index contributed by atoms with van der Waals surface area (Å²) < 4.78 is 1.90. The van der Waals surface area contributed by atoms with Crippen LogP contribution in [0.15, 0.2) is 11.5 Å². The van der Waals surface area contributed by atoms with Gasteiger partial charge in [-0.1, -0.05) is 18.7 Å². The predicted octanol–water partition coefficient (Wildman–Crippen LogP) is 0.787. The Morgan fingerprint density at radius 2 is 2.38 bits per heavy atom. The van der Waals surface area contributed by atoms with Crippen LogP contribution in [0.4, 0.5) is 0 Å². The van der Waals surface area contributed by atoms with E-state index >= 15 is 0 Å². The van der Waals surface area contributed by atoms with E-state index in [1.807, 2.05) is 18.5 Å². The minimum Gasteiger partial charge on any atom is -0.394 e. The van der Waals surface area contributed by atoms with E-state index in [0.29, 0.717) is 0 Å². The van der Waals surface area contributed by atoms with Crippen molar-refractivity contribution in [2.24, 2.45) is 12.8 Å². The van der Waals surface area contributed by atoms with E-state index < -0.39 is 5.54 Å². The fourth-order valence-electron chi connectivity index (χ4n) is 1.36. The van der Waals surface area contributed by atoms with E-state index in [4.69, 9.17) is 10.8 Å². The van der Waals surface area contributed by atoms with Crippen LogP contribution < -0.4 is 5.73 Å². The molecular formula is C10H20N4OS. The van der Waals surface area contributed by atoms with Crippen LogP contribution in [-0.4, -0.2) is 37.8 Å². The molecule has 0 amide bonds. The van der Waals surface area contributed by atoms with E-state index in [9.17, 15) is 0 Å². The lowest BCUT2D eigenvalue weighted by atomic mass is 9.93. The second-order valence-electron chi connectivity index (χ2n) is 4.05. The molecule has 0 aliphatic carbocycles. The second kappa shape index (κ2) is 6.22. The number of aryl methyl sites for hydroxylation is 1. The van der Waals surface area contributed by atoms with Crippen LogP contribution >= 0.6 is 11.8 Å². The Morgan fingerprint density at radius 1 is 1.62 bits per heavy atom. The lowest BCUT2D eigenvalue weighted by molar-refractivity contribution is 0.182. The fourth-order valence-corrected chi connectivity index (χ4v) is 2.19. The molecule has 3 N–H and O–H groups in total. The Labute approximate surface area is 100 Å². The number of nitrogens with two attached hydrogens (primary N) is 1. The minimum atomic E-state index is -0.416. The first-order valence-electron chi connectivity index (χ1n) is 5.48. The number of aliphatic hydroxyl groups excluding tert-OH is 1. The van der Waals surface area contributed by atoms with E-state index in [1.165, 1.54) is 0 Å². The molecule has 16 heavy (non-hydrogen) atoms. The molecule has 92 valence electrons. The zero-order valence-electron chi connectivity index (χ0n) is 9.89. The number of aliphatic hydroxyl groups is 1. The van der Waals surface area contributed by atoms with Crippen molar-refractivity contribution in [3.63, 3.8) is 0 Å². The lowest BCUT2D eigenvalue weighted by Gasteiger charge is -2.25. The van der Waals surface area contributed by atoms with Gasteiger partial charge in [-0.15, -0.1) is 10.2 Å². The standard InChI is InChI=1S/C10H20N4OS/c1-3-10(11,7-15)5-4-6-16-9-13-12-8-14(9)2/h8,15H,3-7,11H2,1-2H3. The van der Waals surface area contributed by atoms with Crippen LogP contribution in [-0.2, 0) is 7.05 Å². The maximum Gasteiger partial charge on any atom is 0.190 e. The third-order valence-corrected chi connectivity index (χ3v) is 3.86. The highest BCUT2D eigenvalue weighted by molar-refractivity contribution is 7.99. The summed E-state index contributed by atoms with van der Waals surface area (Å²) in [6, 6.07) is 0. The zero-order chi connectivity index (χ0) is 12.0. The van der Waals surface area contributed by atoms with Crippen molar-refractivity contribution < 1.29 is 5.11 Å². The monoisotopic (exact) mass is 244 g/mol. The van der Waals surface area contributed by atoms with Crippen molar-refractivity contribution in [1.82, 2.24) is 14.8 Å². The molecule has 0 aliphatic heterocycles. The van der Waals surface area contributed by atoms with E-state index in [1.54, 1.807) is 18.1 Å². The topological polar surface area (TPSA) is 77.0 Å². The summed E-state index contributed by atoms with van der Waals surface area (Å²) >= 11 is 1.67. The lowest BCUT2D eigenvalue weighted by Crippen LogP contribution is -2.42. The minimum absolute atomic E-state index is 0.0537. The van der Waals surface area contributed by atoms with Gasteiger partial charge >= 0.3 is 0 Å². The summed E-state index contributed by atoms with van der Waals surface area (Å²) in [5.74, 6) is 0.950. The number of hydrogen-bond donors (Lipinski definition) is 2. The highest BCUT2D eigenvalue weighted by Crippen LogP contribution is 2.19. The summed E-state index contributed by atoms with van der Waals surface area (Å²) in [5.41, 5.74) is 5.58. The summed E-state index contributed by atoms with van der Waals surface area (Å²) in [6.07, 6.45) is 4.31. The van der Waals surface area contributed by atoms with Crippen molar-refractivity contribution in [2.45, 2.75) is 36.9 Å². The fraction of sp³-hybridized carbons (Fsp3) is 0.800. The Bertz CT molecular complexity index is 312. The Kier molecular flexibility index (Phi) is 5.24. The van der Waals surface area contributed by atoms with Gasteiger partial charge in [0.2, 0.25) is 0 Å². The first-order chi connectivity index (χ1) is 7.61. The average molecular weight is 244 g/mol. The molecule has 6 heteroatoms. The molecule has 1 rings (SSSR count). The van der Waals surface area contributed by atoms with E-state index in [2.05, 4.69) is 10.2 Å². The normalized spacial score (nSPS) is 15.0. The van der Waals surface area contributed by atoms with Gasteiger partial charge in [-0.2, -0.15) is 0 Å². The van der Waals surface area contributed by atoms with Crippen molar-refractivity contribution >= 4 is 11.8 Å². The molecule has 1 aromatic heterocycles. The summed E-state index contributed by atoms with van der Waals surface area (Å²) in [6.45, 7) is 2.06. The van der Waals surface area contributed by atoms with E-state index in [-0.39, 0.29) is 6.61 Å². The third kappa shape index (κ3) is 3.77. The molecule has 1 unspecified atom stereocenters. The maximum atomic E-state index is 9.15. The molecular weight excluding hydrogens is 224 g/mol. The average Bonchev–Trinajstić information content (AvgIpc) is 2.70. The van der Waals surface area contributed by atoms with Crippen LogP contribution in [0.3, 0.4) is 0 Å². The highest BCUT2D eigenvalue weighted by atomic mass is 32.2. The van der Waals surface area contributed by atoms with Crippen molar-refractivity contribution in [2.75, 3.05) is 12.4 Å². The highest BCUT2D eigenvalue weighted by Gasteiger charge is 2.20. The number of rotatable bonds is 7. The Morgan fingerprint density at radius 3 is 2.88 bits per heavy atom. The van der Waals surface area contributed by atoms with Gasteiger partial charge in [0.1, 0.15) is 6.33 Å². The van der Waals surface area contributed by atoms with Gasteiger partial charge < -0.3 is 15.4 Å². The van der Waals surface area contributed by atoms with Crippen LogP contribution in [0, 0.1) is 0 Å². The maximum absolute atomic E-state index is 9.15. The van der Waals surface area contributed by atoms with Crippen LogP contribution in [0.2, 0.25) is 0 Å². The van der Waals surface area contributed by atoms with Crippen LogP contribution in [0.25, 0.3) is 0 Å². The predicted molar refractivity (Wildman–Crippen MR) is 65.3 cm³/mol. The van der Waals surface area contributed by atoms with Crippen molar-refractivity contribution in [3.8, 4) is 0 Å². The molecule has 5 nitrogen and oxygen atoms in total. The van der Waals surface area contributed by atoms with Gasteiger partial charge in [0.25, 0.3) is 0 Å². The molecule has 1 aromatic rings. The quantitative estimate of drug-likeness (QED) is 0.548. The Balaban J connectivity index is 2.24. The molecule has 1 atom stereocenters. The van der Waals surface area contributed by atoms with E-state index in [0.717, 1.165) is 30.2 Å². The summed E-state index contributed by atoms with van der Waals surface area (Å²) in [4.78, 5) is 0. The first kappa shape index (κ1) is 13.5. The first-order valence-corrected chi connectivity index (χ1v) is 6.46. The smallest absolute Gasteiger partial charge is 0.190 e. The van der Waals surface area contributed by atoms with Crippen LogP contribution in [0.5, 0.6) is 0 Å². The summed E-state index contributed by atoms with van der Waals surface area (Å²) in [7, 11) is 1.93. The zero-order valence-corrected chi connectivity index (χ0v) is 10.7. The van der Waals surface area contributed by atoms with Gasteiger partial charge in [-0.05, 0) is 19.3 Å². The Hall–Kier alpha value is -0.590. The molecule has 0 fully saturated rings. The molecule has 0 radical (unpaired) electrons. The van der Waals surface area contributed by atoms with Crippen molar-refractivity contribution in [1.29, 1.82) is 0 Å². The largest absolute Gasteiger partial charge is 0.394 e. The molecule has 1 heterocycles. The molecule has 0 bridgehead atoms. The number of nitrogens with zero attached hydrogens (tertiary/aromatic N) is 3. The molecule has 0 aliphatic rings. The third-order valence-electron chi connectivity index (χ3n) is 2.74. The molecule has 0 aromatic carbocycles.